The molecule has 2 aromatic heterocycles. The van der Waals surface area contributed by atoms with Gasteiger partial charge in [-0.25, -0.2) is 0 Å². The minimum absolute atomic E-state index is 0.00113. The number of aliphatic carboxylic acids is 1. The molecule has 0 spiro atoms. The Balaban J connectivity index is 2.08. The molecular formula is C13H16N2O3S. The fourth-order valence-electron chi connectivity index (χ4n) is 1.72. The van der Waals surface area contributed by atoms with Crippen LogP contribution in [-0.2, 0) is 11.3 Å². The summed E-state index contributed by atoms with van der Waals surface area (Å²) >= 11 is 1.58. The van der Waals surface area contributed by atoms with E-state index in [2.05, 4.69) is 5.16 Å². The van der Waals surface area contributed by atoms with Crippen LogP contribution in [-0.4, -0.2) is 33.7 Å². The van der Waals surface area contributed by atoms with Crippen LogP contribution in [0.2, 0.25) is 0 Å². The molecule has 0 amide bonds. The maximum atomic E-state index is 10.8. The summed E-state index contributed by atoms with van der Waals surface area (Å²) < 4.78 is 5.28. The molecule has 0 fully saturated rings. The van der Waals surface area contributed by atoms with Gasteiger partial charge in [-0.15, -0.1) is 11.3 Å². The lowest BCUT2D eigenvalue weighted by molar-refractivity contribution is -0.139. The number of carbonyl (C=O) groups is 1. The first-order valence-corrected chi connectivity index (χ1v) is 6.89. The number of hydrogen-bond donors (Lipinski definition) is 1. The second-order valence-corrected chi connectivity index (χ2v) is 5.50. The van der Waals surface area contributed by atoms with Gasteiger partial charge in [-0.05, 0) is 25.3 Å². The van der Waals surface area contributed by atoms with Gasteiger partial charge in [0.05, 0.1) is 17.1 Å². The third-order valence-electron chi connectivity index (χ3n) is 2.76. The van der Waals surface area contributed by atoms with Crippen LogP contribution in [0.25, 0.3) is 10.6 Å². The highest BCUT2D eigenvalue weighted by Crippen LogP contribution is 2.25. The molecule has 19 heavy (non-hydrogen) atoms. The Labute approximate surface area is 115 Å². The van der Waals surface area contributed by atoms with Crippen molar-refractivity contribution in [1.82, 2.24) is 10.1 Å². The molecule has 2 heterocycles. The van der Waals surface area contributed by atoms with Crippen molar-refractivity contribution in [2.24, 2.45) is 0 Å². The maximum Gasteiger partial charge on any atom is 0.317 e. The van der Waals surface area contributed by atoms with Crippen LogP contribution < -0.4 is 0 Å². The minimum Gasteiger partial charge on any atom is -0.480 e. The van der Waals surface area contributed by atoms with Gasteiger partial charge in [-0.1, -0.05) is 11.2 Å². The Bertz CT molecular complexity index is 534. The first-order valence-electron chi connectivity index (χ1n) is 6.01. The van der Waals surface area contributed by atoms with Crippen molar-refractivity contribution in [3.8, 4) is 10.6 Å². The van der Waals surface area contributed by atoms with E-state index in [1.54, 1.807) is 11.3 Å². The largest absolute Gasteiger partial charge is 0.480 e. The highest BCUT2D eigenvalue weighted by atomic mass is 32.1. The Kier molecular flexibility index (Phi) is 4.34. The van der Waals surface area contributed by atoms with Gasteiger partial charge in [-0.2, -0.15) is 0 Å². The van der Waals surface area contributed by atoms with Crippen molar-refractivity contribution in [2.75, 3.05) is 6.54 Å². The first kappa shape index (κ1) is 13.8. The second kappa shape index (κ2) is 5.99. The quantitative estimate of drug-likeness (QED) is 0.881. The Hall–Kier alpha value is -1.66. The van der Waals surface area contributed by atoms with Gasteiger partial charge in [0.1, 0.15) is 0 Å². The summed E-state index contributed by atoms with van der Waals surface area (Å²) in [6.45, 7) is 4.39. The average molecular weight is 280 g/mol. The van der Waals surface area contributed by atoms with Crippen molar-refractivity contribution in [3.63, 3.8) is 0 Å². The smallest absolute Gasteiger partial charge is 0.317 e. The van der Waals surface area contributed by atoms with E-state index in [-0.39, 0.29) is 12.6 Å². The Morgan fingerprint density at radius 3 is 2.95 bits per heavy atom. The van der Waals surface area contributed by atoms with Crippen molar-refractivity contribution in [1.29, 1.82) is 0 Å². The molecule has 0 saturated carbocycles. The third-order valence-corrected chi connectivity index (χ3v) is 3.64. The van der Waals surface area contributed by atoms with E-state index in [1.807, 2.05) is 42.3 Å². The summed E-state index contributed by atoms with van der Waals surface area (Å²) in [6.07, 6.45) is 0. The minimum atomic E-state index is -0.837. The van der Waals surface area contributed by atoms with E-state index in [0.717, 1.165) is 16.3 Å². The summed E-state index contributed by atoms with van der Waals surface area (Å²) in [5.41, 5.74) is 0.748. The lowest BCUT2D eigenvalue weighted by Crippen LogP contribution is -2.35. The van der Waals surface area contributed by atoms with E-state index in [4.69, 9.17) is 9.63 Å². The molecule has 1 N–H and O–H groups in total. The molecule has 2 rings (SSSR count). The summed E-state index contributed by atoms with van der Waals surface area (Å²) in [4.78, 5) is 13.7. The topological polar surface area (TPSA) is 66.6 Å². The molecular weight excluding hydrogens is 264 g/mol. The number of aromatic nitrogens is 1. The molecule has 0 aromatic carbocycles. The molecule has 0 unspecified atom stereocenters. The zero-order valence-electron chi connectivity index (χ0n) is 10.9. The summed E-state index contributed by atoms with van der Waals surface area (Å²) in [6, 6.07) is 5.92. The number of thiophene rings is 1. The average Bonchev–Trinajstić information content (AvgIpc) is 2.97. The molecule has 0 saturated heterocycles. The first-order chi connectivity index (χ1) is 9.06. The van der Waals surface area contributed by atoms with Gasteiger partial charge >= 0.3 is 5.97 Å². The Morgan fingerprint density at radius 1 is 1.58 bits per heavy atom. The van der Waals surface area contributed by atoms with Crippen molar-refractivity contribution in [3.05, 3.63) is 29.3 Å². The maximum absolute atomic E-state index is 10.8. The fraction of sp³-hybridized carbons (Fsp3) is 0.385. The van der Waals surface area contributed by atoms with Crippen LogP contribution in [0.1, 0.15) is 19.5 Å². The molecule has 2 aromatic rings. The standard InChI is InChI=1S/C13H16N2O3S/c1-9(2)15(8-13(16)17)7-10-6-11(18-14-10)12-4-3-5-19-12/h3-6,9H,7-8H2,1-2H3,(H,16,17). The van der Waals surface area contributed by atoms with Crippen LogP contribution >= 0.6 is 11.3 Å². The molecule has 0 aliphatic heterocycles. The van der Waals surface area contributed by atoms with E-state index < -0.39 is 5.97 Å². The van der Waals surface area contributed by atoms with Crippen LogP contribution in [0.4, 0.5) is 0 Å². The van der Waals surface area contributed by atoms with Gasteiger partial charge in [0, 0.05) is 18.7 Å². The number of hydrogen-bond acceptors (Lipinski definition) is 5. The van der Waals surface area contributed by atoms with E-state index in [1.165, 1.54) is 0 Å². The number of rotatable bonds is 6. The molecule has 102 valence electrons. The zero-order valence-corrected chi connectivity index (χ0v) is 11.7. The second-order valence-electron chi connectivity index (χ2n) is 4.55. The van der Waals surface area contributed by atoms with Crippen LogP contribution in [0, 0.1) is 0 Å². The number of nitrogens with zero attached hydrogens (tertiary/aromatic N) is 2. The monoisotopic (exact) mass is 280 g/mol. The van der Waals surface area contributed by atoms with Gasteiger partial charge in [0.2, 0.25) is 0 Å². The van der Waals surface area contributed by atoms with Crippen LogP contribution in [0.5, 0.6) is 0 Å². The molecule has 5 nitrogen and oxygen atoms in total. The Morgan fingerprint density at radius 2 is 2.37 bits per heavy atom. The molecule has 0 aliphatic rings. The zero-order chi connectivity index (χ0) is 13.8. The number of carboxylic acid groups (broad SMARTS) is 1. The van der Waals surface area contributed by atoms with Gasteiger partial charge in [-0.3, -0.25) is 9.69 Å². The fourth-order valence-corrected chi connectivity index (χ4v) is 2.40. The molecule has 0 atom stereocenters. The SMILES string of the molecule is CC(C)N(CC(=O)O)Cc1cc(-c2cccs2)on1. The van der Waals surface area contributed by atoms with E-state index in [9.17, 15) is 4.79 Å². The third kappa shape index (κ3) is 3.65. The normalized spacial score (nSPS) is 11.4. The predicted molar refractivity (Wildman–Crippen MR) is 73.0 cm³/mol. The highest BCUT2D eigenvalue weighted by Gasteiger charge is 2.16. The van der Waals surface area contributed by atoms with E-state index in [0.29, 0.717) is 6.54 Å². The van der Waals surface area contributed by atoms with E-state index >= 15 is 0 Å². The summed E-state index contributed by atoms with van der Waals surface area (Å²) in [5, 5.41) is 14.9. The van der Waals surface area contributed by atoms with Crippen LogP contribution in [0.3, 0.4) is 0 Å². The molecule has 0 radical (unpaired) electrons. The predicted octanol–water partition coefficient (Wildman–Crippen LogP) is 2.70. The van der Waals surface area contributed by atoms with Gasteiger partial charge in [0.15, 0.2) is 5.76 Å². The van der Waals surface area contributed by atoms with Crippen molar-refractivity contribution < 1.29 is 14.4 Å². The molecule has 0 bridgehead atoms. The molecule has 0 aliphatic carbocycles. The van der Waals surface area contributed by atoms with Gasteiger partial charge in [0.25, 0.3) is 0 Å². The summed E-state index contributed by atoms with van der Waals surface area (Å²) in [5.74, 6) is -0.111. The highest BCUT2D eigenvalue weighted by molar-refractivity contribution is 7.13. The van der Waals surface area contributed by atoms with Crippen molar-refractivity contribution >= 4 is 17.3 Å². The number of carboxylic acids is 1. The lowest BCUT2D eigenvalue weighted by atomic mass is 10.2. The lowest BCUT2D eigenvalue weighted by Gasteiger charge is -2.22. The molecule has 6 heteroatoms. The van der Waals surface area contributed by atoms with Gasteiger partial charge < -0.3 is 9.63 Å². The van der Waals surface area contributed by atoms with Crippen molar-refractivity contribution in [2.45, 2.75) is 26.4 Å². The van der Waals surface area contributed by atoms with Crippen LogP contribution in [0.15, 0.2) is 28.1 Å². The summed E-state index contributed by atoms with van der Waals surface area (Å²) in [7, 11) is 0.